The summed E-state index contributed by atoms with van der Waals surface area (Å²) in [4.78, 5) is 12.6. The van der Waals surface area contributed by atoms with E-state index < -0.39 is 30.3 Å². The van der Waals surface area contributed by atoms with Crippen molar-refractivity contribution in [2.75, 3.05) is 0 Å². The van der Waals surface area contributed by atoms with Gasteiger partial charge in [0.2, 0.25) is 0 Å². The Kier molecular flexibility index (Phi) is 8.32. The molecule has 5 nitrogen and oxygen atoms in total. The average Bonchev–Trinajstić information content (AvgIpc) is 2.59. The second kappa shape index (κ2) is 9.44. The molecule has 0 saturated heterocycles. The van der Waals surface area contributed by atoms with E-state index >= 15 is 0 Å². The standard InChI is InChI=1S/C21H38N2O3SSi/c1-10-16(2)18(4)27(25,23-28(8,9)21(5,6)7)22-20(24)26-17(3)19-14-12-11-13-15-19/h11-18H,10H2,1-9H3,(H,22,23,24,25)/t16-,17-,18+,27?/m0/s1. The highest BCUT2D eigenvalue weighted by molar-refractivity contribution is 7.93. The molecule has 1 rings (SSSR count). The van der Waals surface area contributed by atoms with E-state index in [0.717, 1.165) is 12.0 Å². The molecule has 1 amide bonds. The van der Waals surface area contributed by atoms with Crippen molar-refractivity contribution in [1.82, 2.24) is 4.72 Å². The minimum atomic E-state index is -2.98. The molecule has 4 atom stereocenters. The second-order valence-corrected chi connectivity index (χ2v) is 16.6. The molecule has 1 aromatic carbocycles. The van der Waals surface area contributed by atoms with Crippen LogP contribution in [0.5, 0.6) is 0 Å². The van der Waals surface area contributed by atoms with Crippen LogP contribution in [0.1, 0.15) is 66.6 Å². The highest BCUT2D eigenvalue weighted by Gasteiger charge is 2.39. The van der Waals surface area contributed by atoms with Crippen molar-refractivity contribution in [2.45, 2.75) is 84.4 Å². The first-order chi connectivity index (χ1) is 12.7. The van der Waals surface area contributed by atoms with Crippen molar-refractivity contribution >= 4 is 24.2 Å². The van der Waals surface area contributed by atoms with Crippen molar-refractivity contribution < 1.29 is 13.7 Å². The van der Waals surface area contributed by atoms with Gasteiger partial charge in [-0.15, -0.1) is 0 Å². The normalized spacial score (nSPS) is 17.8. The Morgan fingerprint density at radius 3 is 2.18 bits per heavy atom. The van der Waals surface area contributed by atoms with Crippen LogP contribution < -0.4 is 4.72 Å². The molecular weight excluding hydrogens is 388 g/mol. The number of carbonyl (C=O) groups excluding carboxylic acids is 1. The van der Waals surface area contributed by atoms with Crippen LogP contribution in [-0.4, -0.2) is 23.8 Å². The summed E-state index contributed by atoms with van der Waals surface area (Å²) in [6.45, 7) is 18.4. The van der Waals surface area contributed by atoms with Gasteiger partial charge in [0.15, 0.2) is 8.24 Å². The summed E-state index contributed by atoms with van der Waals surface area (Å²) in [7, 11) is -5.24. The summed E-state index contributed by atoms with van der Waals surface area (Å²) in [6.07, 6.45) is -0.252. The van der Waals surface area contributed by atoms with Gasteiger partial charge in [-0.1, -0.05) is 71.4 Å². The van der Waals surface area contributed by atoms with Crippen LogP contribution in [0.3, 0.4) is 0 Å². The molecular formula is C21H38N2O3SSi. The van der Waals surface area contributed by atoms with Gasteiger partial charge in [0.05, 0.1) is 5.25 Å². The molecule has 0 fully saturated rings. The predicted molar refractivity (Wildman–Crippen MR) is 121 cm³/mol. The molecule has 0 aliphatic rings. The lowest BCUT2D eigenvalue weighted by atomic mass is 10.1. The van der Waals surface area contributed by atoms with E-state index in [4.69, 9.17) is 8.77 Å². The van der Waals surface area contributed by atoms with E-state index in [2.05, 4.69) is 45.5 Å². The molecule has 160 valence electrons. The van der Waals surface area contributed by atoms with Crippen LogP contribution in [0, 0.1) is 5.92 Å². The Morgan fingerprint density at radius 1 is 1.18 bits per heavy atom. The molecule has 0 aromatic heterocycles. The van der Waals surface area contributed by atoms with E-state index in [1.807, 2.05) is 44.2 Å². The smallest absolute Gasteiger partial charge is 0.420 e. The van der Waals surface area contributed by atoms with Gasteiger partial charge in [-0.05, 0) is 43.5 Å². The number of hydrogen-bond acceptors (Lipinski definition) is 4. The number of rotatable bonds is 7. The van der Waals surface area contributed by atoms with Crippen LogP contribution in [-0.2, 0) is 14.7 Å². The Hall–Kier alpha value is -1.34. The monoisotopic (exact) mass is 426 g/mol. The lowest BCUT2D eigenvalue weighted by molar-refractivity contribution is 0.113. The first kappa shape index (κ1) is 24.7. The maximum atomic E-state index is 13.9. The van der Waals surface area contributed by atoms with E-state index in [1.54, 1.807) is 6.92 Å². The second-order valence-electron chi connectivity index (χ2n) is 9.12. The molecule has 1 aromatic rings. The van der Waals surface area contributed by atoms with Gasteiger partial charge in [0.25, 0.3) is 0 Å². The number of ether oxygens (including phenoxy) is 1. The van der Waals surface area contributed by atoms with Crippen molar-refractivity contribution in [3.8, 4) is 0 Å². The highest BCUT2D eigenvalue weighted by atomic mass is 32.2. The topological polar surface area (TPSA) is 67.8 Å². The van der Waals surface area contributed by atoms with E-state index in [-0.39, 0.29) is 16.2 Å². The molecule has 0 radical (unpaired) electrons. The largest absolute Gasteiger partial charge is 0.441 e. The molecule has 0 saturated carbocycles. The fraction of sp³-hybridized carbons (Fsp3) is 0.667. The van der Waals surface area contributed by atoms with Crippen molar-refractivity contribution in [2.24, 2.45) is 9.95 Å². The summed E-state index contributed by atoms with van der Waals surface area (Å²) < 4.78 is 27.0. The predicted octanol–water partition coefficient (Wildman–Crippen LogP) is 6.30. The summed E-state index contributed by atoms with van der Waals surface area (Å²) in [5.74, 6) is 0.160. The number of nitrogens with one attached hydrogen (secondary N) is 1. The molecule has 7 heteroatoms. The third-order valence-electron chi connectivity index (χ3n) is 5.93. The van der Waals surface area contributed by atoms with Gasteiger partial charge in [-0.3, -0.25) is 4.03 Å². The molecule has 28 heavy (non-hydrogen) atoms. The van der Waals surface area contributed by atoms with E-state index in [0.29, 0.717) is 0 Å². The van der Waals surface area contributed by atoms with Crippen LogP contribution in [0.2, 0.25) is 18.1 Å². The van der Waals surface area contributed by atoms with E-state index in [9.17, 15) is 9.00 Å². The van der Waals surface area contributed by atoms with Crippen molar-refractivity contribution in [1.29, 1.82) is 0 Å². The molecule has 0 bridgehead atoms. The molecule has 1 unspecified atom stereocenters. The van der Waals surface area contributed by atoms with Gasteiger partial charge < -0.3 is 4.74 Å². The number of nitrogens with zero attached hydrogens (tertiary/aromatic N) is 1. The number of carbonyl (C=O) groups is 1. The number of benzene rings is 1. The zero-order valence-electron chi connectivity index (χ0n) is 18.9. The fourth-order valence-electron chi connectivity index (χ4n) is 2.42. The lowest BCUT2D eigenvalue weighted by Gasteiger charge is -2.35. The molecule has 0 aliphatic carbocycles. The minimum Gasteiger partial charge on any atom is -0.441 e. The Labute approximate surface area is 173 Å². The first-order valence-corrected chi connectivity index (χ1v) is 14.6. The summed E-state index contributed by atoms with van der Waals surface area (Å²) >= 11 is 0. The van der Waals surface area contributed by atoms with Gasteiger partial charge >= 0.3 is 6.09 Å². The van der Waals surface area contributed by atoms with Crippen LogP contribution >= 0.6 is 0 Å². The lowest BCUT2D eigenvalue weighted by Crippen LogP contribution is -2.45. The van der Waals surface area contributed by atoms with Crippen molar-refractivity contribution in [3.05, 3.63) is 35.9 Å². The molecule has 1 N–H and O–H groups in total. The number of amides is 1. The molecule has 0 heterocycles. The highest BCUT2D eigenvalue weighted by Crippen LogP contribution is 2.38. The maximum Gasteiger partial charge on any atom is 0.420 e. The SMILES string of the molecule is CC[C@H](C)[C@@H](C)S(=O)(=N[Si](C)(C)C(C)(C)C)NC(=O)O[C@@H](C)c1ccccc1. The number of hydrogen-bond donors (Lipinski definition) is 1. The Bertz CT molecular complexity index is 766. The van der Waals surface area contributed by atoms with Crippen LogP contribution in [0.25, 0.3) is 0 Å². The maximum absolute atomic E-state index is 13.9. The third kappa shape index (κ3) is 6.34. The van der Waals surface area contributed by atoms with Gasteiger partial charge in [0, 0.05) is 0 Å². The van der Waals surface area contributed by atoms with Gasteiger partial charge in [0.1, 0.15) is 16.0 Å². The Balaban J connectivity index is 3.20. The summed E-state index contributed by atoms with van der Waals surface area (Å²) in [6, 6.07) is 9.51. The first-order valence-electron chi connectivity index (χ1n) is 10.0. The van der Waals surface area contributed by atoms with Crippen LogP contribution in [0.4, 0.5) is 4.79 Å². The van der Waals surface area contributed by atoms with Crippen molar-refractivity contribution in [3.63, 3.8) is 0 Å². The van der Waals surface area contributed by atoms with E-state index in [1.165, 1.54) is 0 Å². The summed E-state index contributed by atoms with van der Waals surface area (Å²) in [5, 5.41) is -0.348. The zero-order chi connectivity index (χ0) is 21.8. The zero-order valence-corrected chi connectivity index (χ0v) is 20.7. The Morgan fingerprint density at radius 2 is 1.71 bits per heavy atom. The third-order valence-corrected chi connectivity index (χ3v) is 14.4. The quantitative estimate of drug-likeness (QED) is 0.520. The van der Waals surface area contributed by atoms with Crippen LogP contribution in [0.15, 0.2) is 34.4 Å². The van der Waals surface area contributed by atoms with Gasteiger partial charge in [-0.2, -0.15) is 0 Å². The average molecular weight is 427 g/mol. The molecule has 0 spiro atoms. The summed E-state index contributed by atoms with van der Waals surface area (Å²) in [5.41, 5.74) is 0.889. The minimum absolute atomic E-state index is 0.0756. The molecule has 0 aliphatic heterocycles. The fourth-order valence-corrected chi connectivity index (χ4v) is 8.37. The van der Waals surface area contributed by atoms with Gasteiger partial charge in [-0.25, -0.2) is 13.7 Å².